The Kier molecular flexibility index (Phi) is 7.50. The van der Waals surface area contributed by atoms with Crippen LogP contribution in [-0.2, 0) is 14.9 Å². The number of amides is 1. The largest absolute Gasteiger partial charge is 0.497 e. The van der Waals surface area contributed by atoms with Gasteiger partial charge in [0.2, 0.25) is 0 Å². The minimum Gasteiger partial charge on any atom is -0.497 e. The van der Waals surface area contributed by atoms with E-state index >= 15 is 0 Å². The van der Waals surface area contributed by atoms with Crippen LogP contribution in [0.3, 0.4) is 0 Å². The first-order valence-corrected chi connectivity index (χ1v) is 11.7. The number of anilines is 1. The molecule has 0 unspecified atom stereocenters. The number of nitrogens with one attached hydrogen (secondary N) is 1. The van der Waals surface area contributed by atoms with E-state index in [9.17, 15) is 18.5 Å². The quantitative estimate of drug-likeness (QED) is 0.196. The van der Waals surface area contributed by atoms with Gasteiger partial charge in [0, 0.05) is 9.26 Å². The molecule has 0 aliphatic carbocycles. The molecule has 0 radical (unpaired) electrons. The lowest BCUT2D eigenvalue weighted by Crippen LogP contribution is -2.13. The van der Waals surface area contributed by atoms with Gasteiger partial charge in [-0.05, 0) is 94.9 Å². The van der Waals surface area contributed by atoms with Gasteiger partial charge in [-0.1, -0.05) is 12.1 Å². The Bertz CT molecular complexity index is 1280. The number of rotatable bonds is 7. The molecule has 0 bridgehead atoms. The van der Waals surface area contributed by atoms with E-state index in [-0.39, 0.29) is 16.2 Å². The molecule has 32 heavy (non-hydrogen) atoms. The van der Waals surface area contributed by atoms with Crippen LogP contribution < -0.4 is 14.2 Å². The Morgan fingerprint density at radius 3 is 2.12 bits per heavy atom. The summed E-state index contributed by atoms with van der Waals surface area (Å²) in [6, 6.07) is 20.8. The average molecular weight is 560 g/mol. The lowest BCUT2D eigenvalue weighted by atomic mass is 10.1. The molecule has 0 heterocycles. The molecule has 3 aromatic rings. The average Bonchev–Trinajstić information content (AvgIpc) is 2.79. The van der Waals surface area contributed by atoms with E-state index in [2.05, 4.69) is 27.9 Å². The zero-order valence-electron chi connectivity index (χ0n) is 16.8. The second-order valence-corrected chi connectivity index (χ2v) is 9.20. The number of nitriles is 1. The van der Waals surface area contributed by atoms with E-state index in [1.807, 2.05) is 18.2 Å². The van der Waals surface area contributed by atoms with E-state index in [4.69, 9.17) is 8.92 Å². The minimum absolute atomic E-state index is 0.0127. The lowest BCUT2D eigenvalue weighted by molar-refractivity contribution is -0.112. The molecule has 3 rings (SSSR count). The minimum atomic E-state index is -4.02. The van der Waals surface area contributed by atoms with Gasteiger partial charge < -0.3 is 14.2 Å². The zero-order chi connectivity index (χ0) is 23.1. The fourth-order valence-corrected chi connectivity index (χ4v) is 3.87. The predicted molar refractivity (Wildman–Crippen MR) is 129 cm³/mol. The second-order valence-electron chi connectivity index (χ2n) is 6.41. The van der Waals surface area contributed by atoms with Crippen molar-refractivity contribution in [3.63, 3.8) is 0 Å². The standard InChI is InChI=1S/C23H17IN2O5S/c1-30-20-10-12-22(13-11-20)32(28,29)31-21-8-2-16(3-9-21)14-17(15-25)23(27)26-19-6-4-18(24)5-7-19/h2-14H,1H3,(H,26,27)/b17-14+. The lowest BCUT2D eigenvalue weighted by Gasteiger charge is -2.08. The predicted octanol–water partition coefficient (Wildman–Crippen LogP) is 4.61. The number of halogens is 1. The number of carbonyl (C=O) groups excluding carboxylic acids is 1. The monoisotopic (exact) mass is 560 g/mol. The molecule has 1 N–H and O–H groups in total. The normalized spacial score (nSPS) is 11.3. The highest BCUT2D eigenvalue weighted by molar-refractivity contribution is 14.1. The van der Waals surface area contributed by atoms with E-state index in [0.717, 1.165) is 3.57 Å². The van der Waals surface area contributed by atoms with Gasteiger partial charge in [0.1, 0.15) is 28.0 Å². The van der Waals surface area contributed by atoms with Crippen molar-refractivity contribution >= 4 is 50.4 Å². The summed E-state index contributed by atoms with van der Waals surface area (Å²) in [5, 5.41) is 12.0. The van der Waals surface area contributed by atoms with Gasteiger partial charge in [-0.25, -0.2) is 0 Å². The van der Waals surface area contributed by atoms with Crippen molar-refractivity contribution in [2.75, 3.05) is 12.4 Å². The summed E-state index contributed by atoms with van der Waals surface area (Å²) in [5.41, 5.74) is 1.01. The van der Waals surface area contributed by atoms with Crippen LogP contribution in [0.25, 0.3) is 6.08 Å². The van der Waals surface area contributed by atoms with Crippen LogP contribution in [0.2, 0.25) is 0 Å². The third-order valence-corrected chi connectivity index (χ3v) is 6.19. The second kappa shape index (κ2) is 10.3. The van der Waals surface area contributed by atoms with Gasteiger partial charge in [-0.2, -0.15) is 13.7 Å². The van der Waals surface area contributed by atoms with E-state index in [0.29, 0.717) is 17.0 Å². The molecule has 0 aliphatic rings. The van der Waals surface area contributed by atoms with Crippen molar-refractivity contribution in [2.45, 2.75) is 4.90 Å². The Hall–Kier alpha value is -3.36. The van der Waals surface area contributed by atoms with Crippen molar-refractivity contribution in [3.8, 4) is 17.6 Å². The summed E-state index contributed by atoms with van der Waals surface area (Å²) < 4.78 is 36.0. The first-order valence-electron chi connectivity index (χ1n) is 9.18. The molecule has 0 fully saturated rings. The van der Waals surface area contributed by atoms with Crippen molar-refractivity contribution in [2.24, 2.45) is 0 Å². The van der Waals surface area contributed by atoms with Crippen LogP contribution in [0.15, 0.2) is 83.3 Å². The first kappa shape index (κ1) is 23.3. The Balaban J connectivity index is 1.71. The SMILES string of the molecule is COc1ccc(S(=O)(=O)Oc2ccc(/C=C(\C#N)C(=O)Nc3ccc(I)cc3)cc2)cc1. The molecule has 0 atom stereocenters. The molecular weight excluding hydrogens is 543 g/mol. The fraction of sp³-hybridized carbons (Fsp3) is 0.0435. The van der Waals surface area contributed by atoms with Gasteiger partial charge in [0.05, 0.1) is 7.11 Å². The van der Waals surface area contributed by atoms with Gasteiger partial charge >= 0.3 is 10.1 Å². The molecule has 0 aliphatic heterocycles. The van der Waals surface area contributed by atoms with Crippen molar-refractivity contribution in [1.82, 2.24) is 0 Å². The summed E-state index contributed by atoms with van der Waals surface area (Å²) in [4.78, 5) is 12.4. The van der Waals surface area contributed by atoms with Gasteiger partial charge in [-0.3, -0.25) is 4.79 Å². The van der Waals surface area contributed by atoms with Crippen molar-refractivity contribution < 1.29 is 22.1 Å². The molecule has 0 spiro atoms. The molecule has 1 amide bonds. The van der Waals surface area contributed by atoms with Crippen LogP contribution in [0.1, 0.15) is 5.56 Å². The van der Waals surface area contributed by atoms with Gasteiger partial charge in [-0.15, -0.1) is 0 Å². The van der Waals surface area contributed by atoms with Crippen LogP contribution in [0.5, 0.6) is 11.5 Å². The van der Waals surface area contributed by atoms with E-state index in [1.54, 1.807) is 24.3 Å². The summed E-state index contributed by atoms with van der Waals surface area (Å²) in [6.45, 7) is 0. The highest BCUT2D eigenvalue weighted by Crippen LogP contribution is 2.22. The number of benzene rings is 3. The topological polar surface area (TPSA) is 105 Å². The molecule has 0 aromatic heterocycles. The van der Waals surface area contributed by atoms with Crippen LogP contribution in [0, 0.1) is 14.9 Å². The molecule has 0 saturated heterocycles. The Morgan fingerprint density at radius 2 is 1.56 bits per heavy atom. The molecule has 7 nitrogen and oxygen atoms in total. The Labute approximate surface area is 199 Å². The zero-order valence-corrected chi connectivity index (χ0v) is 19.8. The number of ether oxygens (including phenoxy) is 1. The Morgan fingerprint density at radius 1 is 0.969 bits per heavy atom. The van der Waals surface area contributed by atoms with Crippen LogP contribution >= 0.6 is 22.6 Å². The summed E-state index contributed by atoms with van der Waals surface area (Å²) >= 11 is 2.15. The maximum atomic E-state index is 12.4. The smallest absolute Gasteiger partial charge is 0.339 e. The number of hydrogen-bond donors (Lipinski definition) is 1. The highest BCUT2D eigenvalue weighted by Gasteiger charge is 2.17. The number of hydrogen-bond acceptors (Lipinski definition) is 6. The van der Waals surface area contributed by atoms with Crippen molar-refractivity contribution in [1.29, 1.82) is 5.26 Å². The van der Waals surface area contributed by atoms with Crippen molar-refractivity contribution in [3.05, 3.63) is 87.5 Å². The van der Waals surface area contributed by atoms with E-state index in [1.165, 1.54) is 49.6 Å². The van der Waals surface area contributed by atoms with Crippen LogP contribution in [0.4, 0.5) is 5.69 Å². The molecular formula is C23H17IN2O5S. The van der Waals surface area contributed by atoms with E-state index < -0.39 is 16.0 Å². The third kappa shape index (κ3) is 6.09. The summed E-state index contributed by atoms with van der Waals surface area (Å²) in [6.07, 6.45) is 1.41. The highest BCUT2D eigenvalue weighted by atomic mass is 127. The molecule has 3 aromatic carbocycles. The summed E-state index contributed by atoms with van der Waals surface area (Å²) in [7, 11) is -2.53. The summed E-state index contributed by atoms with van der Waals surface area (Å²) in [5.74, 6) is 0.0791. The van der Waals surface area contributed by atoms with Gasteiger partial charge in [0.25, 0.3) is 5.91 Å². The van der Waals surface area contributed by atoms with Crippen LogP contribution in [-0.4, -0.2) is 21.4 Å². The number of carbonyl (C=O) groups is 1. The maximum Gasteiger partial charge on any atom is 0.339 e. The molecule has 162 valence electrons. The van der Waals surface area contributed by atoms with Gasteiger partial charge in [0.15, 0.2) is 0 Å². The molecule has 9 heteroatoms. The fourth-order valence-electron chi connectivity index (χ4n) is 2.58. The molecule has 0 saturated carbocycles. The number of nitrogens with zero attached hydrogens (tertiary/aromatic N) is 1. The number of methoxy groups -OCH3 is 1. The third-order valence-electron chi connectivity index (χ3n) is 4.21. The first-order chi connectivity index (χ1) is 15.3. The maximum absolute atomic E-state index is 12.4.